The van der Waals surface area contributed by atoms with Gasteiger partial charge in [0.2, 0.25) is 0 Å². The van der Waals surface area contributed by atoms with Crippen LogP contribution in [0.5, 0.6) is 0 Å². The van der Waals surface area contributed by atoms with Gasteiger partial charge in [-0.05, 0) is 40.7 Å². The third-order valence-corrected chi connectivity index (χ3v) is 4.56. The van der Waals surface area contributed by atoms with E-state index in [1.807, 2.05) is 24.3 Å². The summed E-state index contributed by atoms with van der Waals surface area (Å²) in [7, 11) is 0. The molecule has 0 aliphatic carbocycles. The van der Waals surface area contributed by atoms with Gasteiger partial charge in [-0.2, -0.15) is 0 Å². The van der Waals surface area contributed by atoms with Gasteiger partial charge < -0.3 is 10.1 Å². The van der Waals surface area contributed by atoms with Crippen LogP contribution in [0, 0.1) is 0 Å². The fourth-order valence-corrected chi connectivity index (χ4v) is 3.22. The molecule has 0 spiro atoms. The number of alkyl carbamates (subject to hydrolysis) is 1. The molecular weight excluding hydrogens is 322 g/mol. The predicted octanol–water partition coefficient (Wildman–Crippen LogP) is 5.03. The van der Waals surface area contributed by atoms with Crippen molar-refractivity contribution >= 4 is 17.7 Å². The standard InChI is InChI=1S/C20H22ClNO2/c1-20(2,3)15-8-4-6-13(10-15)11-17-18(24-19(23)22-17)14-7-5-9-16(21)12-14/h4-10,12,17-18H,11H2,1-3H3,(H,22,23). The molecular formula is C20H22ClNO2. The molecule has 2 aromatic carbocycles. The molecule has 1 N–H and O–H groups in total. The van der Waals surface area contributed by atoms with Crippen LogP contribution >= 0.6 is 11.6 Å². The first-order valence-corrected chi connectivity index (χ1v) is 8.53. The first-order valence-electron chi connectivity index (χ1n) is 8.15. The number of nitrogens with one attached hydrogen (secondary N) is 1. The molecule has 1 heterocycles. The zero-order valence-corrected chi connectivity index (χ0v) is 14.9. The topological polar surface area (TPSA) is 38.3 Å². The predicted molar refractivity (Wildman–Crippen MR) is 96.4 cm³/mol. The molecule has 126 valence electrons. The molecule has 0 bridgehead atoms. The number of cyclic esters (lactones) is 1. The van der Waals surface area contributed by atoms with E-state index in [9.17, 15) is 4.79 Å². The van der Waals surface area contributed by atoms with Crippen LogP contribution < -0.4 is 5.32 Å². The van der Waals surface area contributed by atoms with Crippen LogP contribution in [0.15, 0.2) is 48.5 Å². The van der Waals surface area contributed by atoms with E-state index in [1.165, 1.54) is 11.1 Å². The molecule has 1 amide bonds. The quantitative estimate of drug-likeness (QED) is 0.848. The van der Waals surface area contributed by atoms with Crippen molar-refractivity contribution in [3.8, 4) is 0 Å². The van der Waals surface area contributed by atoms with Gasteiger partial charge in [0, 0.05) is 5.02 Å². The second-order valence-corrected chi connectivity index (χ2v) is 7.72. The summed E-state index contributed by atoms with van der Waals surface area (Å²) in [5, 5.41) is 3.57. The third kappa shape index (κ3) is 3.73. The molecule has 3 nitrogen and oxygen atoms in total. The highest BCUT2D eigenvalue weighted by Gasteiger charge is 2.35. The second-order valence-electron chi connectivity index (χ2n) is 7.29. The van der Waals surface area contributed by atoms with E-state index < -0.39 is 0 Å². The summed E-state index contributed by atoms with van der Waals surface area (Å²) in [4.78, 5) is 11.8. The van der Waals surface area contributed by atoms with Gasteiger partial charge in [-0.3, -0.25) is 0 Å². The van der Waals surface area contributed by atoms with Crippen molar-refractivity contribution < 1.29 is 9.53 Å². The number of rotatable bonds is 3. The van der Waals surface area contributed by atoms with Gasteiger partial charge in [-0.1, -0.05) is 68.8 Å². The van der Waals surface area contributed by atoms with Crippen molar-refractivity contribution in [3.63, 3.8) is 0 Å². The summed E-state index contributed by atoms with van der Waals surface area (Å²) in [5.41, 5.74) is 3.48. The van der Waals surface area contributed by atoms with Gasteiger partial charge in [0.1, 0.15) is 6.10 Å². The highest BCUT2D eigenvalue weighted by atomic mass is 35.5. The Morgan fingerprint density at radius 1 is 1.12 bits per heavy atom. The monoisotopic (exact) mass is 343 g/mol. The second kappa shape index (κ2) is 6.48. The highest BCUT2D eigenvalue weighted by Crippen LogP contribution is 2.31. The molecule has 2 aromatic rings. The van der Waals surface area contributed by atoms with Crippen LogP contribution in [0.2, 0.25) is 5.02 Å². The molecule has 2 atom stereocenters. The molecule has 2 unspecified atom stereocenters. The van der Waals surface area contributed by atoms with E-state index in [1.54, 1.807) is 0 Å². The summed E-state index contributed by atoms with van der Waals surface area (Å²) in [6.07, 6.45) is 0.0128. The largest absolute Gasteiger partial charge is 0.439 e. The summed E-state index contributed by atoms with van der Waals surface area (Å²) >= 11 is 6.08. The number of halogens is 1. The summed E-state index contributed by atoms with van der Waals surface area (Å²) in [5.74, 6) is 0. The number of benzene rings is 2. The maximum absolute atomic E-state index is 11.8. The van der Waals surface area contributed by atoms with Crippen molar-refractivity contribution in [2.75, 3.05) is 0 Å². The number of hydrogen-bond acceptors (Lipinski definition) is 2. The lowest BCUT2D eigenvalue weighted by atomic mass is 9.85. The minimum absolute atomic E-state index is 0.0950. The van der Waals surface area contributed by atoms with Crippen LogP contribution in [-0.4, -0.2) is 12.1 Å². The van der Waals surface area contributed by atoms with E-state index in [4.69, 9.17) is 16.3 Å². The van der Waals surface area contributed by atoms with Crippen LogP contribution in [0.25, 0.3) is 0 Å². The Morgan fingerprint density at radius 3 is 2.58 bits per heavy atom. The number of amides is 1. The molecule has 24 heavy (non-hydrogen) atoms. The number of carbonyl (C=O) groups is 1. The Bertz CT molecular complexity index is 751. The highest BCUT2D eigenvalue weighted by molar-refractivity contribution is 6.30. The first-order chi connectivity index (χ1) is 11.3. The van der Waals surface area contributed by atoms with Crippen molar-refractivity contribution in [1.82, 2.24) is 5.32 Å². The zero-order valence-electron chi connectivity index (χ0n) is 14.2. The lowest BCUT2D eigenvalue weighted by molar-refractivity contribution is 0.132. The number of hydrogen-bond donors (Lipinski definition) is 1. The third-order valence-electron chi connectivity index (χ3n) is 4.33. The average molecular weight is 344 g/mol. The summed E-state index contributed by atoms with van der Waals surface area (Å²) in [6, 6.07) is 15.9. The van der Waals surface area contributed by atoms with E-state index in [0.717, 1.165) is 5.56 Å². The van der Waals surface area contributed by atoms with Gasteiger partial charge in [0.05, 0.1) is 6.04 Å². The maximum atomic E-state index is 11.8. The number of carbonyl (C=O) groups excluding carboxylic acids is 1. The minimum atomic E-state index is -0.378. The molecule has 1 saturated heterocycles. The van der Waals surface area contributed by atoms with Crippen molar-refractivity contribution in [3.05, 3.63) is 70.2 Å². The Balaban J connectivity index is 1.84. The summed E-state index contributed by atoms with van der Waals surface area (Å²) in [6.45, 7) is 6.59. The molecule has 1 fully saturated rings. The molecule has 3 rings (SSSR count). The Morgan fingerprint density at radius 2 is 1.88 bits per heavy atom. The van der Waals surface area contributed by atoms with Gasteiger partial charge >= 0.3 is 6.09 Å². The van der Waals surface area contributed by atoms with Crippen LogP contribution in [0.4, 0.5) is 4.79 Å². The normalized spacial score (nSPS) is 20.6. The van der Waals surface area contributed by atoms with Crippen molar-refractivity contribution in [1.29, 1.82) is 0 Å². The zero-order chi connectivity index (χ0) is 17.3. The van der Waals surface area contributed by atoms with Crippen LogP contribution in [-0.2, 0) is 16.6 Å². The fraction of sp³-hybridized carbons (Fsp3) is 0.350. The molecule has 4 heteroatoms. The molecule has 0 radical (unpaired) electrons. The average Bonchev–Trinajstić information content (AvgIpc) is 2.87. The van der Waals surface area contributed by atoms with E-state index in [0.29, 0.717) is 11.4 Å². The Kier molecular flexibility index (Phi) is 4.55. The lowest BCUT2D eigenvalue weighted by Gasteiger charge is -2.21. The van der Waals surface area contributed by atoms with E-state index in [-0.39, 0.29) is 23.7 Å². The molecule has 0 saturated carbocycles. The Hall–Kier alpha value is -2.00. The van der Waals surface area contributed by atoms with Crippen LogP contribution in [0.1, 0.15) is 43.6 Å². The molecule has 1 aliphatic heterocycles. The van der Waals surface area contributed by atoms with E-state index >= 15 is 0 Å². The Labute approximate surface area is 148 Å². The van der Waals surface area contributed by atoms with Gasteiger partial charge in [0.25, 0.3) is 0 Å². The minimum Gasteiger partial charge on any atom is -0.439 e. The first kappa shape index (κ1) is 16.8. The molecule has 0 aromatic heterocycles. The van der Waals surface area contributed by atoms with Gasteiger partial charge in [-0.25, -0.2) is 4.79 Å². The maximum Gasteiger partial charge on any atom is 0.408 e. The number of ether oxygens (including phenoxy) is 1. The van der Waals surface area contributed by atoms with Crippen molar-refractivity contribution in [2.45, 2.75) is 44.8 Å². The molecule has 1 aliphatic rings. The lowest BCUT2D eigenvalue weighted by Crippen LogP contribution is -2.30. The van der Waals surface area contributed by atoms with E-state index in [2.05, 4.69) is 50.4 Å². The van der Waals surface area contributed by atoms with Gasteiger partial charge in [0.15, 0.2) is 0 Å². The fourth-order valence-electron chi connectivity index (χ4n) is 3.02. The van der Waals surface area contributed by atoms with Crippen molar-refractivity contribution in [2.24, 2.45) is 0 Å². The smallest absolute Gasteiger partial charge is 0.408 e. The summed E-state index contributed by atoms with van der Waals surface area (Å²) < 4.78 is 5.48. The SMILES string of the molecule is CC(C)(C)c1cccc(CC2NC(=O)OC2c2cccc(Cl)c2)c1. The van der Waals surface area contributed by atoms with Crippen LogP contribution in [0.3, 0.4) is 0 Å². The van der Waals surface area contributed by atoms with Gasteiger partial charge in [-0.15, -0.1) is 0 Å².